The summed E-state index contributed by atoms with van der Waals surface area (Å²) in [6.45, 7) is 0. The summed E-state index contributed by atoms with van der Waals surface area (Å²) in [4.78, 5) is 0. The molecule has 0 saturated heterocycles. The van der Waals surface area contributed by atoms with Crippen molar-refractivity contribution in [1.29, 1.82) is 0 Å². The molecule has 0 heterocycles. The Bertz CT molecular complexity index is 114. The average Bonchev–Trinajstić information content (AvgIpc) is 1.35. The van der Waals surface area contributed by atoms with E-state index in [0.717, 1.165) is 11.0 Å². The van der Waals surface area contributed by atoms with Gasteiger partial charge in [-0.2, -0.15) is 8.42 Å². The summed E-state index contributed by atoms with van der Waals surface area (Å²) >= 11 is 0. The fourth-order valence-corrected chi connectivity index (χ4v) is 0. The molecule has 0 aromatic heterocycles. The number of sulfonamides is 1. The summed E-state index contributed by atoms with van der Waals surface area (Å²) in [7, 11) is 0.146. The summed E-state index contributed by atoms with van der Waals surface area (Å²) in [5.41, 5.74) is 0. The van der Waals surface area contributed by atoms with Gasteiger partial charge in [-0.15, -0.1) is 7.05 Å². The van der Waals surface area contributed by atoms with Gasteiger partial charge in [-0.25, -0.2) is 0 Å². The highest BCUT2D eigenvalue weighted by molar-refractivity contribution is 7.84. The SMILES string of the molecule is [CH2-][NH2+]S(C)(=O)=O. The maximum Gasteiger partial charge on any atom is 0.266 e. The minimum Gasteiger partial charge on any atom is -0.372 e. The van der Waals surface area contributed by atoms with Crippen LogP contribution in [-0.4, -0.2) is 14.7 Å². The smallest absolute Gasteiger partial charge is 0.266 e. The third-order valence-corrected chi connectivity index (χ3v) is 0.908. The summed E-state index contributed by atoms with van der Waals surface area (Å²) in [6.07, 6.45) is 1.10. The largest absolute Gasteiger partial charge is 0.372 e. The van der Waals surface area contributed by atoms with E-state index in [1.165, 1.54) is 0 Å². The van der Waals surface area contributed by atoms with Gasteiger partial charge in [-0.3, -0.25) is 0 Å². The highest BCUT2D eigenvalue weighted by Gasteiger charge is 1.88. The Labute approximate surface area is 37.4 Å². The van der Waals surface area contributed by atoms with Crippen molar-refractivity contribution in [2.75, 3.05) is 6.26 Å². The predicted octanol–water partition coefficient (Wildman–Crippen LogP) is -1.70. The maximum atomic E-state index is 9.88. The molecule has 6 heavy (non-hydrogen) atoms. The number of nitrogens with two attached hydrogens (primary N) is 1. The van der Waals surface area contributed by atoms with Crippen molar-refractivity contribution in [2.24, 2.45) is 0 Å². The molecule has 38 valence electrons. The second-order valence-electron chi connectivity index (χ2n) is 0.996. The third-order valence-electron chi connectivity index (χ3n) is 0.303. The van der Waals surface area contributed by atoms with Gasteiger partial charge in [0.15, 0.2) is 0 Å². The van der Waals surface area contributed by atoms with Gasteiger partial charge < -0.3 is 4.72 Å². The van der Waals surface area contributed by atoms with E-state index in [1.807, 2.05) is 0 Å². The van der Waals surface area contributed by atoms with Gasteiger partial charge in [0.1, 0.15) is 0 Å². The summed E-state index contributed by atoms with van der Waals surface area (Å²) in [5.74, 6) is 0. The van der Waals surface area contributed by atoms with E-state index in [0.29, 0.717) is 0 Å². The van der Waals surface area contributed by atoms with E-state index in [-0.39, 0.29) is 0 Å². The van der Waals surface area contributed by atoms with Gasteiger partial charge in [0, 0.05) is 0 Å². The first-order valence-corrected chi connectivity index (χ1v) is 3.34. The fourth-order valence-electron chi connectivity index (χ4n) is 0. The summed E-state index contributed by atoms with van der Waals surface area (Å²) in [6, 6.07) is 0. The molecule has 0 unspecified atom stereocenters. The van der Waals surface area contributed by atoms with E-state index in [1.54, 1.807) is 0 Å². The fraction of sp³-hybridized carbons (Fsp3) is 0.500. The average molecular weight is 109 g/mol. The van der Waals surface area contributed by atoms with Gasteiger partial charge in [0.05, 0.1) is 6.26 Å². The zero-order valence-electron chi connectivity index (χ0n) is 3.51. The molecule has 2 N–H and O–H groups in total. The van der Waals surface area contributed by atoms with Gasteiger partial charge in [0.2, 0.25) is 0 Å². The summed E-state index contributed by atoms with van der Waals surface area (Å²) in [5, 5.41) is 0. The van der Waals surface area contributed by atoms with Crippen LogP contribution in [-0.2, 0) is 10.0 Å². The van der Waals surface area contributed by atoms with Crippen LogP contribution in [0.25, 0.3) is 0 Å². The van der Waals surface area contributed by atoms with Crippen LogP contribution in [0.3, 0.4) is 0 Å². The van der Waals surface area contributed by atoms with Crippen LogP contribution in [0.1, 0.15) is 0 Å². The molecule has 0 aromatic carbocycles. The van der Waals surface area contributed by atoms with Gasteiger partial charge in [-0.05, 0) is 0 Å². The molecule has 0 radical (unpaired) electrons. The van der Waals surface area contributed by atoms with Crippen molar-refractivity contribution in [3.63, 3.8) is 0 Å². The van der Waals surface area contributed by atoms with Crippen molar-refractivity contribution in [2.45, 2.75) is 0 Å². The molecule has 0 amide bonds. The Morgan fingerprint density at radius 3 is 1.83 bits per heavy atom. The molecule has 0 bridgehead atoms. The van der Waals surface area contributed by atoms with E-state index >= 15 is 0 Å². The Balaban J connectivity index is 3.85. The zero-order valence-corrected chi connectivity index (χ0v) is 4.33. The number of primary sulfonamides is 1. The molecule has 0 atom stereocenters. The molecule has 3 nitrogen and oxygen atoms in total. The molecule has 0 rings (SSSR count). The van der Waals surface area contributed by atoms with E-state index in [9.17, 15) is 8.42 Å². The first-order chi connectivity index (χ1) is 2.56. The minimum atomic E-state index is -2.90. The molecule has 0 spiro atoms. The Morgan fingerprint density at radius 1 is 1.67 bits per heavy atom. The first kappa shape index (κ1) is 5.91. The monoisotopic (exact) mass is 109 g/mol. The predicted molar refractivity (Wildman–Crippen MR) is 22.1 cm³/mol. The lowest BCUT2D eigenvalue weighted by molar-refractivity contribution is -0.423. The first-order valence-electron chi connectivity index (χ1n) is 1.39. The Morgan fingerprint density at radius 2 is 1.83 bits per heavy atom. The van der Waals surface area contributed by atoms with Crippen LogP contribution in [0.2, 0.25) is 0 Å². The molecule has 0 aromatic rings. The molecule has 0 saturated carbocycles. The van der Waals surface area contributed by atoms with Crippen LogP contribution >= 0.6 is 0 Å². The van der Waals surface area contributed by atoms with Crippen molar-refractivity contribution in [3.8, 4) is 0 Å². The van der Waals surface area contributed by atoms with E-state index in [2.05, 4.69) is 7.05 Å². The van der Waals surface area contributed by atoms with E-state index < -0.39 is 10.0 Å². The Hall–Kier alpha value is -0.0900. The lowest BCUT2D eigenvalue weighted by atomic mass is 11.6. The summed E-state index contributed by atoms with van der Waals surface area (Å²) < 4.78 is 20.7. The van der Waals surface area contributed by atoms with Crippen LogP contribution in [0.15, 0.2) is 0 Å². The van der Waals surface area contributed by atoms with Crippen molar-refractivity contribution < 1.29 is 13.1 Å². The van der Waals surface area contributed by atoms with Crippen molar-refractivity contribution >= 4 is 10.0 Å². The standard InChI is InChI=1S/C2H7NO2S/c1-3-6(2,4)5/h1,3H2,2H3. The molecule has 4 heteroatoms. The zero-order chi connectivity index (χ0) is 5.21. The van der Waals surface area contributed by atoms with Crippen LogP contribution in [0.4, 0.5) is 0 Å². The topological polar surface area (TPSA) is 50.8 Å². The molecular weight excluding hydrogens is 102 g/mol. The second kappa shape index (κ2) is 1.57. The minimum absolute atomic E-state index is 0.910. The lowest BCUT2D eigenvalue weighted by Crippen LogP contribution is -2.80. The van der Waals surface area contributed by atoms with Gasteiger partial charge in [0.25, 0.3) is 10.0 Å². The number of quaternary nitrogens is 1. The van der Waals surface area contributed by atoms with Crippen LogP contribution in [0, 0.1) is 7.05 Å². The van der Waals surface area contributed by atoms with Gasteiger partial charge in [-0.1, -0.05) is 0 Å². The molecule has 0 aliphatic carbocycles. The number of hydrogen-bond donors (Lipinski definition) is 1. The quantitative estimate of drug-likeness (QED) is 0.408. The van der Waals surface area contributed by atoms with Gasteiger partial charge >= 0.3 is 0 Å². The molecular formula is C2H7NO2S. The lowest BCUT2D eigenvalue weighted by Gasteiger charge is -1.89. The highest BCUT2D eigenvalue weighted by atomic mass is 32.2. The highest BCUT2D eigenvalue weighted by Crippen LogP contribution is 1.50. The van der Waals surface area contributed by atoms with Crippen molar-refractivity contribution in [3.05, 3.63) is 7.05 Å². The Kier molecular flexibility index (Phi) is 1.55. The maximum absolute atomic E-state index is 9.88. The van der Waals surface area contributed by atoms with Crippen LogP contribution < -0.4 is 4.72 Å². The molecule has 0 aliphatic heterocycles. The molecule has 0 aliphatic rings. The normalized spacial score (nSPS) is 11.7. The number of hydrogen-bond acceptors (Lipinski definition) is 2. The second-order valence-corrected chi connectivity index (χ2v) is 2.99. The number of rotatable bonds is 1. The van der Waals surface area contributed by atoms with Crippen molar-refractivity contribution in [1.82, 2.24) is 0 Å². The van der Waals surface area contributed by atoms with Crippen LogP contribution in [0.5, 0.6) is 0 Å². The molecule has 0 fully saturated rings. The van der Waals surface area contributed by atoms with E-state index in [4.69, 9.17) is 0 Å². The third kappa shape index (κ3) is 3.91.